The van der Waals surface area contributed by atoms with Crippen LogP contribution in [0.2, 0.25) is 5.02 Å². The molecule has 1 fully saturated rings. The van der Waals surface area contributed by atoms with Gasteiger partial charge in [-0.1, -0.05) is 30.6 Å². The van der Waals surface area contributed by atoms with Gasteiger partial charge in [0.2, 0.25) is 5.89 Å². The number of hydrogen-bond acceptors (Lipinski definition) is 6. The number of fused-ring (bicyclic) bond motifs is 3. The van der Waals surface area contributed by atoms with E-state index in [2.05, 4.69) is 50.1 Å². The maximum Gasteiger partial charge on any atom is 0.229 e. The lowest BCUT2D eigenvalue weighted by molar-refractivity contribution is 0.338. The Morgan fingerprint density at radius 2 is 1.87 bits per heavy atom. The van der Waals surface area contributed by atoms with Crippen molar-refractivity contribution in [2.24, 2.45) is 0 Å². The molecule has 3 heterocycles. The minimum Gasteiger partial charge on any atom is -0.339 e. The third-order valence-electron chi connectivity index (χ3n) is 6.04. The predicted molar refractivity (Wildman–Crippen MR) is 116 cm³/mol. The molecule has 2 aromatic heterocycles. The Bertz CT molecular complexity index is 1020. The lowest BCUT2D eigenvalue weighted by atomic mass is 9.81. The Morgan fingerprint density at radius 3 is 2.60 bits per heavy atom. The maximum atomic E-state index is 6.23. The average Bonchev–Trinajstić information content (AvgIpc) is 3.33. The second-order valence-corrected chi connectivity index (χ2v) is 8.82. The average molecular weight is 449 g/mol. The van der Waals surface area contributed by atoms with E-state index in [1.165, 1.54) is 5.56 Å². The summed E-state index contributed by atoms with van der Waals surface area (Å²) in [6.07, 6.45) is 4.17. The highest BCUT2D eigenvalue weighted by molar-refractivity contribution is 6.30. The Labute approximate surface area is 187 Å². The zero-order valence-corrected chi connectivity index (χ0v) is 18.7. The van der Waals surface area contributed by atoms with E-state index in [4.69, 9.17) is 16.1 Å². The van der Waals surface area contributed by atoms with Gasteiger partial charge in [-0.2, -0.15) is 4.98 Å². The number of aromatic nitrogens is 5. The molecule has 160 valence electrons. The summed E-state index contributed by atoms with van der Waals surface area (Å²) < 4.78 is 7.65. The number of hydrogen-bond donors (Lipinski definition) is 1. The topological polar surface area (TPSA) is 81.7 Å². The Kier molecular flexibility index (Phi) is 6.14. The van der Waals surface area contributed by atoms with Gasteiger partial charge in [0.15, 0.2) is 11.6 Å². The van der Waals surface area contributed by atoms with E-state index < -0.39 is 0 Å². The summed E-state index contributed by atoms with van der Waals surface area (Å²) in [5.41, 5.74) is 2.32. The Hall–Kier alpha value is -1.96. The molecular formula is C21H26Cl2N6O. The molecule has 0 radical (unpaired) electrons. The number of nitrogens with zero attached hydrogens (tertiary/aromatic N) is 5. The first-order valence-electron chi connectivity index (χ1n) is 10.4. The Morgan fingerprint density at radius 1 is 1.10 bits per heavy atom. The number of benzene rings is 1. The lowest BCUT2D eigenvalue weighted by Crippen LogP contribution is -2.17. The van der Waals surface area contributed by atoms with E-state index >= 15 is 0 Å². The Balaban J connectivity index is 0.00000218. The molecule has 0 saturated heterocycles. The van der Waals surface area contributed by atoms with Gasteiger partial charge in [0.1, 0.15) is 5.82 Å². The molecule has 3 aromatic rings. The fourth-order valence-electron chi connectivity index (χ4n) is 4.45. The van der Waals surface area contributed by atoms with Crippen molar-refractivity contribution in [3.8, 4) is 5.69 Å². The first-order valence-corrected chi connectivity index (χ1v) is 10.7. The van der Waals surface area contributed by atoms with Gasteiger partial charge in [-0.25, -0.2) is 0 Å². The molecule has 1 N–H and O–H groups in total. The van der Waals surface area contributed by atoms with E-state index in [1.807, 2.05) is 12.1 Å². The SMILES string of the molecule is CC(C)c1nc(C2CCC(c3nnc4n3-c3ccc(Cl)cc3CNC4)CC2)no1.Cl. The number of rotatable bonds is 3. The summed E-state index contributed by atoms with van der Waals surface area (Å²) >= 11 is 6.23. The third kappa shape index (κ3) is 3.86. The van der Waals surface area contributed by atoms with Gasteiger partial charge >= 0.3 is 0 Å². The molecule has 1 aromatic carbocycles. The maximum absolute atomic E-state index is 6.23. The molecular weight excluding hydrogens is 423 g/mol. The third-order valence-corrected chi connectivity index (χ3v) is 6.28. The van der Waals surface area contributed by atoms with Gasteiger partial charge in [-0.15, -0.1) is 22.6 Å². The van der Waals surface area contributed by atoms with Crippen molar-refractivity contribution in [1.29, 1.82) is 0 Å². The van der Waals surface area contributed by atoms with Crippen molar-refractivity contribution < 1.29 is 4.52 Å². The summed E-state index contributed by atoms with van der Waals surface area (Å²) in [6.45, 7) is 5.63. The van der Waals surface area contributed by atoms with Crippen LogP contribution in [0, 0.1) is 0 Å². The van der Waals surface area contributed by atoms with Crippen molar-refractivity contribution >= 4 is 24.0 Å². The van der Waals surface area contributed by atoms with Crippen LogP contribution in [-0.4, -0.2) is 24.9 Å². The van der Waals surface area contributed by atoms with E-state index in [9.17, 15) is 0 Å². The van der Waals surface area contributed by atoms with Gasteiger partial charge in [0.05, 0.1) is 12.2 Å². The normalized spacial score (nSPS) is 20.9. The highest BCUT2D eigenvalue weighted by atomic mass is 35.5. The molecule has 30 heavy (non-hydrogen) atoms. The van der Waals surface area contributed by atoms with E-state index in [-0.39, 0.29) is 18.3 Å². The molecule has 1 aliphatic carbocycles. The lowest BCUT2D eigenvalue weighted by Gasteiger charge is -2.26. The first kappa shape index (κ1) is 21.3. The molecule has 5 rings (SSSR count). The van der Waals surface area contributed by atoms with Crippen LogP contribution in [0.25, 0.3) is 5.69 Å². The van der Waals surface area contributed by atoms with Crippen LogP contribution in [0.15, 0.2) is 22.7 Å². The summed E-state index contributed by atoms with van der Waals surface area (Å²) in [6, 6.07) is 6.06. The molecule has 9 heteroatoms. The molecule has 0 amide bonds. The zero-order chi connectivity index (χ0) is 20.0. The highest BCUT2D eigenvalue weighted by Crippen LogP contribution is 2.40. The van der Waals surface area contributed by atoms with Crippen molar-refractivity contribution in [3.05, 3.63) is 52.1 Å². The van der Waals surface area contributed by atoms with Gasteiger partial charge in [-0.3, -0.25) is 4.57 Å². The second kappa shape index (κ2) is 8.65. The quantitative estimate of drug-likeness (QED) is 0.613. The van der Waals surface area contributed by atoms with Crippen LogP contribution in [0.5, 0.6) is 0 Å². The van der Waals surface area contributed by atoms with E-state index in [0.717, 1.165) is 66.3 Å². The molecule has 1 saturated carbocycles. The fraction of sp³-hybridized carbons (Fsp3) is 0.524. The van der Waals surface area contributed by atoms with Gasteiger partial charge in [-0.05, 0) is 49.4 Å². The van der Waals surface area contributed by atoms with Crippen molar-refractivity contribution in [2.75, 3.05) is 0 Å². The minimum absolute atomic E-state index is 0. The predicted octanol–water partition coefficient (Wildman–Crippen LogP) is 4.89. The summed E-state index contributed by atoms with van der Waals surface area (Å²) in [5.74, 6) is 4.61. The summed E-state index contributed by atoms with van der Waals surface area (Å²) in [5, 5.41) is 17.5. The molecule has 0 spiro atoms. The van der Waals surface area contributed by atoms with Crippen LogP contribution in [-0.2, 0) is 13.1 Å². The van der Waals surface area contributed by atoms with Crippen LogP contribution < -0.4 is 5.32 Å². The summed E-state index contributed by atoms with van der Waals surface area (Å²) in [4.78, 5) is 4.61. The van der Waals surface area contributed by atoms with Gasteiger partial charge < -0.3 is 9.84 Å². The minimum atomic E-state index is 0. The van der Waals surface area contributed by atoms with Crippen molar-refractivity contribution in [2.45, 2.75) is 70.4 Å². The van der Waals surface area contributed by atoms with Gasteiger partial charge in [0.25, 0.3) is 0 Å². The monoisotopic (exact) mass is 448 g/mol. The zero-order valence-electron chi connectivity index (χ0n) is 17.1. The standard InChI is InChI=1S/C21H25ClN6O.ClH/c1-12(2)21-24-19(27-29-21)13-3-5-14(6-4-13)20-26-25-18-11-23-10-15-9-16(22)7-8-17(15)28(18)20;/h7-9,12-14,23H,3-6,10-11H2,1-2H3;1H. The van der Waals surface area contributed by atoms with Crippen molar-refractivity contribution in [3.63, 3.8) is 0 Å². The largest absolute Gasteiger partial charge is 0.339 e. The van der Waals surface area contributed by atoms with Crippen LogP contribution in [0.3, 0.4) is 0 Å². The van der Waals surface area contributed by atoms with Crippen LogP contribution >= 0.6 is 24.0 Å². The van der Waals surface area contributed by atoms with Crippen molar-refractivity contribution in [1.82, 2.24) is 30.2 Å². The molecule has 1 aliphatic heterocycles. The molecule has 2 aliphatic rings. The molecule has 0 atom stereocenters. The first-order chi connectivity index (χ1) is 14.1. The van der Waals surface area contributed by atoms with E-state index in [0.29, 0.717) is 18.4 Å². The smallest absolute Gasteiger partial charge is 0.229 e. The highest BCUT2D eigenvalue weighted by Gasteiger charge is 2.31. The number of halogens is 2. The molecule has 0 unspecified atom stereocenters. The molecule has 0 bridgehead atoms. The second-order valence-electron chi connectivity index (χ2n) is 8.38. The summed E-state index contributed by atoms with van der Waals surface area (Å²) in [7, 11) is 0. The van der Waals surface area contributed by atoms with Crippen LogP contribution in [0.1, 0.15) is 86.2 Å². The molecule has 7 nitrogen and oxygen atoms in total. The van der Waals surface area contributed by atoms with Crippen LogP contribution in [0.4, 0.5) is 0 Å². The number of nitrogens with one attached hydrogen (secondary N) is 1. The van der Waals surface area contributed by atoms with Gasteiger partial charge in [0, 0.05) is 29.3 Å². The van der Waals surface area contributed by atoms with E-state index in [1.54, 1.807) is 0 Å². The fourth-order valence-corrected chi connectivity index (χ4v) is 4.65.